The van der Waals surface area contributed by atoms with Gasteiger partial charge in [-0.2, -0.15) is 0 Å². The number of likely N-dealkylation sites (tertiary alicyclic amines) is 1. The number of H-pyrrole nitrogens is 1. The fraction of sp³-hybridized carbons (Fsp3) is 0.667. The van der Waals surface area contributed by atoms with Gasteiger partial charge in [0.25, 0.3) is 5.69 Å². The van der Waals surface area contributed by atoms with Crippen LogP contribution >= 0.6 is 0 Å². The maximum atomic E-state index is 12.2. The maximum absolute atomic E-state index is 12.2. The van der Waals surface area contributed by atoms with Crippen LogP contribution in [0, 0.1) is 15.5 Å². The van der Waals surface area contributed by atoms with Crippen LogP contribution in [0.3, 0.4) is 0 Å². The van der Waals surface area contributed by atoms with E-state index in [0.717, 1.165) is 25.9 Å². The van der Waals surface area contributed by atoms with Crippen LogP contribution in [0.4, 0.5) is 5.69 Å². The molecule has 0 aliphatic carbocycles. The van der Waals surface area contributed by atoms with Crippen molar-refractivity contribution in [1.82, 2.24) is 9.88 Å². The Morgan fingerprint density at radius 1 is 1.38 bits per heavy atom. The van der Waals surface area contributed by atoms with Crippen molar-refractivity contribution < 1.29 is 9.72 Å². The summed E-state index contributed by atoms with van der Waals surface area (Å²) in [6.45, 7) is 6.67. The van der Waals surface area contributed by atoms with E-state index < -0.39 is 4.92 Å². The highest BCUT2D eigenvalue weighted by atomic mass is 16.6. The number of nitro groups is 1. The first-order valence-corrected chi connectivity index (χ1v) is 7.58. The van der Waals surface area contributed by atoms with Crippen molar-refractivity contribution in [1.29, 1.82) is 0 Å². The molecular weight excluding hydrogens is 270 g/mol. The van der Waals surface area contributed by atoms with Crippen LogP contribution in [0.2, 0.25) is 0 Å². The Morgan fingerprint density at radius 3 is 2.48 bits per heavy atom. The number of nitrogens with one attached hydrogen (secondary N) is 1. The SMILES string of the molecule is CCC1(CC)CCN(CC(=O)c2cc([N+](=O)[O-])c[nH]2)CC1. The predicted molar refractivity (Wildman–Crippen MR) is 80.5 cm³/mol. The summed E-state index contributed by atoms with van der Waals surface area (Å²) in [5.41, 5.74) is 0.697. The van der Waals surface area contributed by atoms with Crippen molar-refractivity contribution >= 4 is 11.5 Å². The Balaban J connectivity index is 1.91. The molecule has 0 saturated carbocycles. The quantitative estimate of drug-likeness (QED) is 0.497. The van der Waals surface area contributed by atoms with Gasteiger partial charge in [0.05, 0.1) is 23.4 Å². The van der Waals surface area contributed by atoms with E-state index in [1.54, 1.807) is 0 Å². The number of aromatic nitrogens is 1. The average molecular weight is 293 g/mol. The normalized spacial score (nSPS) is 18.6. The number of carbonyl (C=O) groups is 1. The highest BCUT2D eigenvalue weighted by Gasteiger charge is 2.31. The van der Waals surface area contributed by atoms with Crippen molar-refractivity contribution in [2.24, 2.45) is 5.41 Å². The number of rotatable bonds is 6. The molecule has 1 aromatic heterocycles. The van der Waals surface area contributed by atoms with Gasteiger partial charge in [0, 0.05) is 6.07 Å². The summed E-state index contributed by atoms with van der Waals surface area (Å²) in [5, 5.41) is 10.6. The third-order valence-corrected chi connectivity index (χ3v) is 4.96. The van der Waals surface area contributed by atoms with Gasteiger partial charge in [-0.3, -0.25) is 19.8 Å². The van der Waals surface area contributed by atoms with E-state index in [-0.39, 0.29) is 11.5 Å². The van der Waals surface area contributed by atoms with E-state index in [2.05, 4.69) is 23.7 Å². The lowest BCUT2D eigenvalue weighted by Gasteiger charge is -2.40. The van der Waals surface area contributed by atoms with Crippen LogP contribution in [0.15, 0.2) is 12.3 Å². The molecule has 1 aliphatic heterocycles. The first kappa shape index (κ1) is 15.7. The third kappa shape index (κ3) is 3.50. The van der Waals surface area contributed by atoms with E-state index in [0.29, 0.717) is 17.7 Å². The minimum absolute atomic E-state index is 0.0621. The number of nitrogens with zero attached hydrogens (tertiary/aromatic N) is 2. The number of hydrogen-bond donors (Lipinski definition) is 1. The molecule has 0 atom stereocenters. The molecule has 0 bridgehead atoms. The lowest BCUT2D eigenvalue weighted by atomic mass is 9.74. The first-order valence-electron chi connectivity index (χ1n) is 7.58. The molecule has 116 valence electrons. The number of aromatic amines is 1. The van der Waals surface area contributed by atoms with Crippen molar-refractivity contribution in [2.75, 3.05) is 19.6 Å². The van der Waals surface area contributed by atoms with Crippen molar-refractivity contribution in [3.63, 3.8) is 0 Å². The molecular formula is C15H23N3O3. The van der Waals surface area contributed by atoms with Gasteiger partial charge in [0.1, 0.15) is 0 Å². The zero-order chi connectivity index (χ0) is 15.5. The van der Waals surface area contributed by atoms with Crippen LogP contribution in [-0.4, -0.2) is 40.2 Å². The monoisotopic (exact) mass is 293 g/mol. The van der Waals surface area contributed by atoms with E-state index in [9.17, 15) is 14.9 Å². The zero-order valence-electron chi connectivity index (χ0n) is 12.7. The Labute approximate surface area is 124 Å². The molecule has 1 aromatic rings. The molecule has 1 aliphatic rings. The van der Waals surface area contributed by atoms with Gasteiger partial charge in [0.2, 0.25) is 0 Å². The van der Waals surface area contributed by atoms with Gasteiger partial charge in [0.15, 0.2) is 5.78 Å². The molecule has 1 fully saturated rings. The van der Waals surface area contributed by atoms with Crippen LogP contribution in [-0.2, 0) is 0 Å². The number of carbonyl (C=O) groups excluding carboxylic acids is 1. The second-order valence-electron chi connectivity index (χ2n) is 5.94. The van der Waals surface area contributed by atoms with Crippen molar-refractivity contribution in [3.05, 3.63) is 28.1 Å². The first-order chi connectivity index (χ1) is 9.99. The summed E-state index contributed by atoms with van der Waals surface area (Å²) in [6, 6.07) is 1.31. The number of hydrogen-bond acceptors (Lipinski definition) is 4. The lowest BCUT2D eigenvalue weighted by Crippen LogP contribution is -2.41. The van der Waals surface area contributed by atoms with Gasteiger partial charge >= 0.3 is 0 Å². The third-order valence-electron chi connectivity index (χ3n) is 4.96. The molecule has 6 heteroatoms. The topological polar surface area (TPSA) is 79.2 Å². The van der Waals surface area contributed by atoms with Crippen molar-refractivity contribution in [3.8, 4) is 0 Å². The van der Waals surface area contributed by atoms with Gasteiger partial charge < -0.3 is 4.98 Å². The second kappa shape index (κ2) is 6.39. The molecule has 2 heterocycles. The molecule has 0 radical (unpaired) electrons. The van der Waals surface area contributed by atoms with Crippen molar-refractivity contribution in [2.45, 2.75) is 39.5 Å². The lowest BCUT2D eigenvalue weighted by molar-refractivity contribution is -0.384. The Kier molecular flexibility index (Phi) is 4.77. The smallest absolute Gasteiger partial charge is 0.287 e. The van der Waals surface area contributed by atoms with Crippen LogP contribution in [0.25, 0.3) is 0 Å². The fourth-order valence-corrected chi connectivity index (χ4v) is 3.08. The average Bonchev–Trinajstić information content (AvgIpc) is 2.98. The van der Waals surface area contributed by atoms with Crippen LogP contribution in [0.1, 0.15) is 50.0 Å². The molecule has 0 aromatic carbocycles. The molecule has 0 unspecified atom stereocenters. The van der Waals surface area contributed by atoms with E-state index >= 15 is 0 Å². The summed E-state index contributed by atoms with van der Waals surface area (Å²) in [5.74, 6) is -0.0800. The van der Waals surface area contributed by atoms with E-state index in [1.165, 1.54) is 25.1 Å². The maximum Gasteiger partial charge on any atom is 0.287 e. The van der Waals surface area contributed by atoms with Gasteiger partial charge in [-0.05, 0) is 31.3 Å². The Morgan fingerprint density at radius 2 is 2.00 bits per heavy atom. The summed E-state index contributed by atoms with van der Waals surface area (Å²) in [7, 11) is 0. The molecule has 1 saturated heterocycles. The van der Waals surface area contributed by atoms with Crippen LogP contribution < -0.4 is 0 Å². The highest BCUT2D eigenvalue weighted by molar-refractivity contribution is 5.96. The largest absolute Gasteiger partial charge is 0.353 e. The summed E-state index contributed by atoms with van der Waals surface area (Å²) in [6.07, 6.45) is 5.89. The molecule has 0 amide bonds. The minimum Gasteiger partial charge on any atom is -0.353 e. The molecule has 6 nitrogen and oxygen atoms in total. The van der Waals surface area contributed by atoms with Crippen LogP contribution in [0.5, 0.6) is 0 Å². The second-order valence-corrected chi connectivity index (χ2v) is 5.94. The Hall–Kier alpha value is -1.69. The Bertz CT molecular complexity index is 510. The molecule has 1 N–H and O–H groups in total. The molecule has 21 heavy (non-hydrogen) atoms. The number of ketones is 1. The van der Waals surface area contributed by atoms with E-state index in [4.69, 9.17) is 0 Å². The highest BCUT2D eigenvalue weighted by Crippen LogP contribution is 2.37. The minimum atomic E-state index is -0.495. The van der Waals surface area contributed by atoms with Gasteiger partial charge in [-0.15, -0.1) is 0 Å². The van der Waals surface area contributed by atoms with Gasteiger partial charge in [-0.25, -0.2) is 0 Å². The standard InChI is InChI=1S/C15H23N3O3/c1-3-15(4-2)5-7-17(8-6-15)11-14(19)13-9-12(10-16-13)18(20)21/h9-10,16H,3-8,11H2,1-2H3. The number of Topliss-reactive ketones (excluding diaryl/α,β-unsaturated/α-hetero) is 1. The van der Waals surface area contributed by atoms with Gasteiger partial charge in [-0.1, -0.05) is 26.7 Å². The molecule has 0 spiro atoms. The molecule has 2 rings (SSSR count). The summed E-state index contributed by atoms with van der Waals surface area (Å²) < 4.78 is 0. The fourth-order valence-electron chi connectivity index (χ4n) is 3.08. The zero-order valence-corrected chi connectivity index (χ0v) is 12.7. The van der Waals surface area contributed by atoms with E-state index in [1.807, 2.05) is 0 Å². The summed E-state index contributed by atoms with van der Waals surface area (Å²) >= 11 is 0. The summed E-state index contributed by atoms with van der Waals surface area (Å²) in [4.78, 5) is 27.1. The predicted octanol–water partition coefficient (Wildman–Crippen LogP) is 3.01. The number of piperidine rings is 1.